The fraction of sp³-hybridized carbons (Fsp3) is 1.00. The predicted molar refractivity (Wildman–Crippen MR) is 59.7 cm³/mol. The molecule has 13 heavy (non-hydrogen) atoms. The van der Waals surface area contributed by atoms with Gasteiger partial charge in [-0.1, -0.05) is 13.3 Å². The molecule has 1 unspecified atom stereocenters. The zero-order valence-electron chi connectivity index (χ0n) is 8.88. The van der Waals surface area contributed by atoms with E-state index in [1.54, 1.807) is 14.2 Å². The zero-order valence-corrected chi connectivity index (χ0v) is 10.8. The van der Waals surface area contributed by atoms with Crippen LogP contribution in [-0.2, 0) is 8.85 Å². The SMILES string of the molecule is CCC(CCCCl)C[SiH](OC)OC. The molecule has 0 amide bonds. The van der Waals surface area contributed by atoms with Crippen molar-refractivity contribution < 1.29 is 8.85 Å². The summed E-state index contributed by atoms with van der Waals surface area (Å²) in [4.78, 5) is 0. The molecule has 80 valence electrons. The molecule has 0 aliphatic heterocycles. The largest absolute Gasteiger partial charge is 0.400 e. The smallest absolute Gasteiger partial charge is 0.321 e. The van der Waals surface area contributed by atoms with Crippen molar-refractivity contribution in [2.24, 2.45) is 5.92 Å². The molecule has 0 spiro atoms. The molecule has 0 saturated heterocycles. The van der Waals surface area contributed by atoms with Crippen LogP contribution in [0.3, 0.4) is 0 Å². The maximum Gasteiger partial charge on any atom is 0.321 e. The van der Waals surface area contributed by atoms with Gasteiger partial charge in [0.1, 0.15) is 0 Å². The minimum absolute atomic E-state index is 0.732. The van der Waals surface area contributed by atoms with Crippen LogP contribution in [0.5, 0.6) is 0 Å². The highest BCUT2D eigenvalue weighted by Crippen LogP contribution is 2.18. The Morgan fingerprint density at radius 2 is 1.92 bits per heavy atom. The lowest BCUT2D eigenvalue weighted by atomic mass is 10.0. The van der Waals surface area contributed by atoms with Crippen LogP contribution in [0.1, 0.15) is 26.2 Å². The van der Waals surface area contributed by atoms with Gasteiger partial charge in [0.05, 0.1) is 0 Å². The van der Waals surface area contributed by atoms with E-state index in [0.717, 1.165) is 24.3 Å². The quantitative estimate of drug-likeness (QED) is 0.466. The highest BCUT2D eigenvalue weighted by atomic mass is 35.5. The molecule has 0 rings (SSSR count). The van der Waals surface area contributed by atoms with Gasteiger partial charge in [-0.25, -0.2) is 0 Å². The first-order valence-electron chi connectivity index (χ1n) is 4.90. The fourth-order valence-electron chi connectivity index (χ4n) is 1.42. The summed E-state index contributed by atoms with van der Waals surface area (Å²) < 4.78 is 10.6. The molecule has 2 nitrogen and oxygen atoms in total. The Balaban J connectivity index is 3.67. The van der Waals surface area contributed by atoms with E-state index < -0.39 is 9.28 Å². The van der Waals surface area contributed by atoms with Crippen LogP contribution in [0.25, 0.3) is 0 Å². The molecule has 1 atom stereocenters. The van der Waals surface area contributed by atoms with Gasteiger partial charge in [0, 0.05) is 20.1 Å². The Labute approximate surface area is 88.4 Å². The molecule has 0 bridgehead atoms. The number of hydrogen-bond acceptors (Lipinski definition) is 2. The summed E-state index contributed by atoms with van der Waals surface area (Å²) in [7, 11) is 2.14. The van der Waals surface area contributed by atoms with E-state index in [-0.39, 0.29) is 0 Å². The number of alkyl halides is 1. The Morgan fingerprint density at radius 1 is 1.31 bits per heavy atom. The van der Waals surface area contributed by atoms with E-state index in [4.69, 9.17) is 20.5 Å². The van der Waals surface area contributed by atoms with Crippen LogP contribution in [0, 0.1) is 5.92 Å². The summed E-state index contributed by atoms with van der Waals surface area (Å²) in [5.41, 5.74) is 0. The van der Waals surface area contributed by atoms with Crippen LogP contribution in [0.2, 0.25) is 6.04 Å². The Hall–Kier alpha value is 0.427. The van der Waals surface area contributed by atoms with Gasteiger partial charge in [0.2, 0.25) is 0 Å². The molecule has 0 N–H and O–H groups in total. The highest BCUT2D eigenvalue weighted by Gasteiger charge is 2.16. The molecular weight excluding hydrogens is 204 g/mol. The van der Waals surface area contributed by atoms with Crippen molar-refractivity contribution in [2.75, 3.05) is 20.1 Å². The van der Waals surface area contributed by atoms with Gasteiger partial charge in [0.25, 0.3) is 0 Å². The second-order valence-corrected chi connectivity index (χ2v) is 5.89. The average Bonchev–Trinajstić information content (AvgIpc) is 2.19. The van der Waals surface area contributed by atoms with Gasteiger partial charge in [0.15, 0.2) is 0 Å². The number of rotatable bonds is 8. The van der Waals surface area contributed by atoms with E-state index in [1.807, 2.05) is 0 Å². The van der Waals surface area contributed by atoms with E-state index in [0.29, 0.717) is 0 Å². The molecular formula is C9H21ClO2Si. The summed E-state index contributed by atoms with van der Waals surface area (Å²) in [5.74, 6) is 1.50. The zero-order chi connectivity index (χ0) is 10.1. The van der Waals surface area contributed by atoms with Crippen LogP contribution >= 0.6 is 11.6 Å². The van der Waals surface area contributed by atoms with Gasteiger partial charge in [-0.2, -0.15) is 0 Å². The van der Waals surface area contributed by atoms with E-state index in [1.165, 1.54) is 12.8 Å². The predicted octanol–water partition coefficient (Wildman–Crippen LogP) is 2.54. The molecule has 0 aliphatic rings. The number of halogens is 1. The second kappa shape index (κ2) is 9.00. The van der Waals surface area contributed by atoms with Gasteiger partial charge in [-0.15, -0.1) is 11.6 Å². The maximum absolute atomic E-state index is 5.66. The first-order chi connectivity index (χ1) is 6.28. The summed E-state index contributed by atoms with van der Waals surface area (Å²) in [6.45, 7) is 2.22. The lowest BCUT2D eigenvalue weighted by molar-refractivity contribution is 0.267. The second-order valence-electron chi connectivity index (χ2n) is 3.24. The van der Waals surface area contributed by atoms with Crippen molar-refractivity contribution in [1.29, 1.82) is 0 Å². The Kier molecular flexibility index (Phi) is 9.30. The first kappa shape index (κ1) is 13.4. The Morgan fingerprint density at radius 3 is 2.31 bits per heavy atom. The lowest BCUT2D eigenvalue weighted by Crippen LogP contribution is -2.22. The van der Waals surface area contributed by atoms with Crippen LogP contribution in [0.4, 0.5) is 0 Å². The molecule has 0 aliphatic carbocycles. The normalized spacial score (nSPS) is 13.6. The van der Waals surface area contributed by atoms with Gasteiger partial charge < -0.3 is 8.85 Å². The maximum atomic E-state index is 5.66. The molecule has 0 fully saturated rings. The minimum Gasteiger partial charge on any atom is -0.400 e. The standard InChI is InChI=1S/C9H21ClO2Si/c1-4-9(6-5-7-10)8-13(11-2)12-3/h9,13H,4-8H2,1-3H3. The Bertz CT molecular complexity index is 110. The minimum atomic E-state index is -1.35. The third kappa shape index (κ3) is 6.49. The summed E-state index contributed by atoms with van der Waals surface area (Å²) in [6, 6.07) is 1.11. The van der Waals surface area contributed by atoms with E-state index in [2.05, 4.69) is 6.92 Å². The fourth-order valence-corrected chi connectivity index (χ4v) is 3.26. The lowest BCUT2D eigenvalue weighted by Gasteiger charge is -2.18. The van der Waals surface area contributed by atoms with Crippen molar-refractivity contribution in [3.05, 3.63) is 0 Å². The van der Waals surface area contributed by atoms with Crippen LogP contribution in [-0.4, -0.2) is 29.4 Å². The molecule has 0 aromatic heterocycles. The van der Waals surface area contributed by atoms with E-state index >= 15 is 0 Å². The molecule has 0 aromatic rings. The van der Waals surface area contributed by atoms with Crippen molar-refractivity contribution >= 4 is 20.9 Å². The molecule has 0 saturated carbocycles. The first-order valence-corrected chi connectivity index (χ1v) is 7.19. The topological polar surface area (TPSA) is 18.5 Å². The van der Waals surface area contributed by atoms with Crippen LogP contribution in [0.15, 0.2) is 0 Å². The van der Waals surface area contributed by atoms with Crippen molar-refractivity contribution in [2.45, 2.75) is 32.2 Å². The molecule has 4 heteroatoms. The van der Waals surface area contributed by atoms with Gasteiger partial charge in [-0.05, 0) is 24.8 Å². The average molecular weight is 225 g/mol. The van der Waals surface area contributed by atoms with E-state index in [9.17, 15) is 0 Å². The molecule has 0 aromatic carbocycles. The van der Waals surface area contributed by atoms with Crippen molar-refractivity contribution in [3.8, 4) is 0 Å². The highest BCUT2D eigenvalue weighted by molar-refractivity contribution is 6.44. The van der Waals surface area contributed by atoms with Gasteiger partial charge in [-0.3, -0.25) is 0 Å². The molecule has 0 heterocycles. The molecule has 0 radical (unpaired) electrons. The monoisotopic (exact) mass is 224 g/mol. The van der Waals surface area contributed by atoms with Crippen LogP contribution < -0.4 is 0 Å². The third-order valence-electron chi connectivity index (χ3n) is 2.37. The third-order valence-corrected chi connectivity index (χ3v) is 4.75. The van der Waals surface area contributed by atoms with Gasteiger partial charge >= 0.3 is 9.28 Å². The summed E-state index contributed by atoms with van der Waals surface area (Å²) in [6.07, 6.45) is 3.51. The van der Waals surface area contributed by atoms with Crippen molar-refractivity contribution in [3.63, 3.8) is 0 Å². The summed E-state index contributed by atoms with van der Waals surface area (Å²) in [5, 5.41) is 0. The number of hydrogen-bond donors (Lipinski definition) is 0. The van der Waals surface area contributed by atoms with Crippen molar-refractivity contribution in [1.82, 2.24) is 0 Å². The summed E-state index contributed by atoms with van der Waals surface area (Å²) >= 11 is 5.66.